The Labute approximate surface area is 103 Å². The van der Waals surface area contributed by atoms with Crippen LogP contribution in [0.25, 0.3) is 0 Å². The van der Waals surface area contributed by atoms with Gasteiger partial charge in [0.15, 0.2) is 0 Å². The molecule has 2 aromatic rings. The predicted molar refractivity (Wildman–Crippen MR) is 73.3 cm³/mol. The van der Waals surface area contributed by atoms with E-state index < -0.39 is 0 Å². The molecule has 0 saturated carbocycles. The lowest BCUT2D eigenvalue weighted by Gasteiger charge is -2.13. The van der Waals surface area contributed by atoms with Crippen LogP contribution in [0.3, 0.4) is 0 Å². The lowest BCUT2D eigenvalue weighted by atomic mass is 10.0. The minimum absolute atomic E-state index is 0.809. The van der Waals surface area contributed by atoms with E-state index in [1.807, 2.05) is 32.3 Å². The summed E-state index contributed by atoms with van der Waals surface area (Å²) in [4.78, 5) is 2.06. The molecule has 0 amide bonds. The molecule has 2 aromatic carbocycles. The van der Waals surface area contributed by atoms with Crippen LogP contribution in [0, 0.1) is 6.07 Å². The molecule has 0 aliphatic carbocycles. The summed E-state index contributed by atoms with van der Waals surface area (Å²) in [6.07, 6.45) is 0.926. The van der Waals surface area contributed by atoms with E-state index in [0.717, 1.165) is 17.8 Å². The second-order valence-electron chi connectivity index (χ2n) is 4.39. The highest BCUT2D eigenvalue weighted by Gasteiger charge is 2.00. The Morgan fingerprint density at radius 1 is 1.06 bits per heavy atom. The fraction of sp³-hybridized carbons (Fsp3) is 0.200. The van der Waals surface area contributed by atoms with Gasteiger partial charge in [-0.2, -0.15) is 0 Å². The first kappa shape index (κ1) is 11.5. The average Bonchev–Trinajstić information content (AvgIpc) is 2.32. The third-order valence-electron chi connectivity index (χ3n) is 2.72. The van der Waals surface area contributed by atoms with Crippen LogP contribution < -0.4 is 10.6 Å². The van der Waals surface area contributed by atoms with Gasteiger partial charge in [0.25, 0.3) is 0 Å². The molecule has 87 valence electrons. The monoisotopic (exact) mass is 225 g/mol. The molecule has 0 aromatic heterocycles. The van der Waals surface area contributed by atoms with Crippen LogP contribution in [0.1, 0.15) is 11.1 Å². The summed E-state index contributed by atoms with van der Waals surface area (Å²) >= 11 is 0. The topological polar surface area (TPSA) is 29.3 Å². The van der Waals surface area contributed by atoms with E-state index in [0.29, 0.717) is 0 Å². The smallest absolute Gasteiger partial charge is 0.0444 e. The number of hydrogen-bond acceptors (Lipinski definition) is 2. The lowest BCUT2D eigenvalue weighted by Crippen LogP contribution is -2.08. The van der Waals surface area contributed by atoms with Crippen LogP contribution in [-0.4, -0.2) is 14.1 Å². The molecule has 0 spiro atoms. The van der Waals surface area contributed by atoms with Crippen molar-refractivity contribution in [1.82, 2.24) is 0 Å². The number of benzene rings is 2. The Hall–Kier alpha value is -1.96. The molecular formula is C15H17N2. The van der Waals surface area contributed by atoms with E-state index in [4.69, 9.17) is 5.73 Å². The Kier molecular flexibility index (Phi) is 3.33. The van der Waals surface area contributed by atoms with Crippen molar-refractivity contribution in [2.75, 3.05) is 24.7 Å². The van der Waals surface area contributed by atoms with E-state index in [9.17, 15) is 0 Å². The molecule has 0 unspecified atom stereocenters. The van der Waals surface area contributed by atoms with Crippen LogP contribution in [-0.2, 0) is 6.42 Å². The molecular weight excluding hydrogens is 208 g/mol. The van der Waals surface area contributed by atoms with Crippen LogP contribution >= 0.6 is 0 Å². The Morgan fingerprint density at radius 3 is 2.41 bits per heavy atom. The molecule has 17 heavy (non-hydrogen) atoms. The Morgan fingerprint density at radius 2 is 1.76 bits per heavy atom. The van der Waals surface area contributed by atoms with Gasteiger partial charge >= 0.3 is 0 Å². The average molecular weight is 225 g/mol. The van der Waals surface area contributed by atoms with E-state index >= 15 is 0 Å². The van der Waals surface area contributed by atoms with Crippen molar-refractivity contribution in [3.8, 4) is 0 Å². The molecule has 1 radical (unpaired) electrons. The molecule has 0 bridgehead atoms. The number of nitrogens with two attached hydrogens (primary N) is 1. The Bertz CT molecular complexity index is 487. The SMILES string of the molecule is CN(C)c1[c]ccc(Cc2ccc(N)cc2)c1. The number of anilines is 2. The minimum atomic E-state index is 0.809. The van der Waals surface area contributed by atoms with Crippen LogP contribution in [0.2, 0.25) is 0 Å². The van der Waals surface area contributed by atoms with Gasteiger partial charge in [0.2, 0.25) is 0 Å². The van der Waals surface area contributed by atoms with Crippen molar-refractivity contribution in [2.24, 2.45) is 0 Å². The van der Waals surface area contributed by atoms with Gasteiger partial charge in [0.1, 0.15) is 0 Å². The second-order valence-corrected chi connectivity index (χ2v) is 4.39. The molecule has 0 heterocycles. The van der Waals surface area contributed by atoms with E-state index in [-0.39, 0.29) is 0 Å². The zero-order valence-corrected chi connectivity index (χ0v) is 10.3. The van der Waals surface area contributed by atoms with Crippen molar-refractivity contribution in [3.63, 3.8) is 0 Å². The van der Waals surface area contributed by atoms with E-state index in [1.165, 1.54) is 11.1 Å². The summed E-state index contributed by atoms with van der Waals surface area (Å²) in [5, 5.41) is 0. The van der Waals surface area contributed by atoms with Gasteiger partial charge in [0, 0.05) is 31.5 Å². The van der Waals surface area contributed by atoms with Crippen molar-refractivity contribution >= 4 is 11.4 Å². The first-order valence-corrected chi connectivity index (χ1v) is 5.67. The predicted octanol–water partition coefficient (Wildman–Crippen LogP) is 2.73. The van der Waals surface area contributed by atoms with Crippen molar-refractivity contribution in [3.05, 3.63) is 59.7 Å². The molecule has 0 aliphatic rings. The van der Waals surface area contributed by atoms with Gasteiger partial charge in [-0.25, -0.2) is 0 Å². The van der Waals surface area contributed by atoms with E-state index in [1.54, 1.807) is 0 Å². The third kappa shape index (κ3) is 3.00. The molecule has 2 heteroatoms. The van der Waals surface area contributed by atoms with Crippen molar-refractivity contribution in [1.29, 1.82) is 0 Å². The second kappa shape index (κ2) is 4.91. The van der Waals surface area contributed by atoms with Gasteiger partial charge in [0.05, 0.1) is 0 Å². The maximum absolute atomic E-state index is 5.67. The van der Waals surface area contributed by atoms with Crippen LogP contribution in [0.5, 0.6) is 0 Å². The lowest BCUT2D eigenvalue weighted by molar-refractivity contribution is 1.11. The van der Waals surface area contributed by atoms with Gasteiger partial charge in [-0.3, -0.25) is 0 Å². The molecule has 0 aliphatic heterocycles. The number of nitrogens with zero attached hydrogens (tertiary/aromatic N) is 1. The zero-order valence-electron chi connectivity index (χ0n) is 10.3. The maximum Gasteiger partial charge on any atom is 0.0444 e. The van der Waals surface area contributed by atoms with E-state index in [2.05, 4.69) is 35.2 Å². The molecule has 2 rings (SSSR count). The molecule has 2 N–H and O–H groups in total. The minimum Gasteiger partial charge on any atom is -0.399 e. The summed E-state index contributed by atoms with van der Waals surface area (Å²) in [6, 6.07) is 17.5. The van der Waals surface area contributed by atoms with Crippen molar-refractivity contribution < 1.29 is 0 Å². The van der Waals surface area contributed by atoms with Crippen LogP contribution in [0.15, 0.2) is 42.5 Å². The first-order valence-electron chi connectivity index (χ1n) is 5.67. The third-order valence-corrected chi connectivity index (χ3v) is 2.72. The summed E-state index contributed by atoms with van der Waals surface area (Å²) in [6.45, 7) is 0. The molecule has 0 atom stereocenters. The van der Waals surface area contributed by atoms with Crippen LogP contribution in [0.4, 0.5) is 11.4 Å². The fourth-order valence-corrected chi connectivity index (χ4v) is 1.74. The number of nitrogen functional groups attached to an aromatic ring is 1. The van der Waals surface area contributed by atoms with Gasteiger partial charge < -0.3 is 10.6 Å². The maximum atomic E-state index is 5.67. The number of hydrogen-bond donors (Lipinski definition) is 1. The molecule has 0 fully saturated rings. The highest BCUT2D eigenvalue weighted by Crippen LogP contribution is 2.16. The molecule has 0 saturated heterocycles. The normalized spacial score (nSPS) is 10.2. The summed E-state index contributed by atoms with van der Waals surface area (Å²) < 4.78 is 0. The fourth-order valence-electron chi connectivity index (χ4n) is 1.74. The first-order chi connectivity index (χ1) is 8.15. The quantitative estimate of drug-likeness (QED) is 0.814. The highest BCUT2D eigenvalue weighted by molar-refractivity contribution is 5.47. The van der Waals surface area contributed by atoms with Gasteiger partial charge in [-0.15, -0.1) is 0 Å². The zero-order chi connectivity index (χ0) is 12.3. The highest BCUT2D eigenvalue weighted by atomic mass is 15.1. The van der Waals surface area contributed by atoms with Gasteiger partial charge in [-0.05, 0) is 35.7 Å². The summed E-state index contributed by atoms with van der Waals surface area (Å²) in [7, 11) is 4.05. The largest absolute Gasteiger partial charge is 0.399 e. The molecule has 2 nitrogen and oxygen atoms in total. The standard InChI is InChI=1S/C15H17N2/c1-17(2)15-5-3-4-13(11-15)10-12-6-8-14(16)9-7-12/h3-4,6-9,11H,10,16H2,1-2H3. The van der Waals surface area contributed by atoms with Crippen molar-refractivity contribution in [2.45, 2.75) is 6.42 Å². The summed E-state index contributed by atoms with van der Waals surface area (Å²) in [5.41, 5.74) is 10.2. The number of rotatable bonds is 3. The Balaban J connectivity index is 2.18. The van der Waals surface area contributed by atoms with Gasteiger partial charge in [-0.1, -0.05) is 24.3 Å². The summed E-state index contributed by atoms with van der Waals surface area (Å²) in [5.74, 6) is 0.